The Morgan fingerprint density at radius 2 is 0.979 bits per heavy atom. The number of nitrogens with one attached hydrogen (secondary N) is 2. The predicted molar refractivity (Wildman–Crippen MR) is 163 cm³/mol. The lowest BCUT2D eigenvalue weighted by atomic mass is 9.76. The van der Waals surface area contributed by atoms with Gasteiger partial charge in [0, 0.05) is 51.2 Å². The number of halogens is 6. The Morgan fingerprint density at radius 3 is 1.30 bits per heavy atom. The lowest BCUT2D eigenvalue weighted by Gasteiger charge is -2.31. The van der Waals surface area contributed by atoms with Crippen LogP contribution in [0.5, 0.6) is 11.5 Å². The van der Waals surface area contributed by atoms with Crippen molar-refractivity contribution in [2.75, 3.05) is 10.6 Å². The molecule has 0 bridgehead atoms. The number of rotatable bonds is 6. The van der Waals surface area contributed by atoms with Gasteiger partial charge in [-0.3, -0.25) is 9.59 Å². The maximum atomic E-state index is 13.5. The summed E-state index contributed by atoms with van der Waals surface area (Å²) >= 11 is 0. The second kappa shape index (κ2) is 12.5. The molecule has 0 fully saturated rings. The summed E-state index contributed by atoms with van der Waals surface area (Å²) in [5, 5.41) is 25.5. The van der Waals surface area contributed by atoms with E-state index in [1.54, 1.807) is 13.8 Å². The average molecular weight is 651 g/mol. The van der Waals surface area contributed by atoms with Crippen molar-refractivity contribution in [3.8, 4) is 36.2 Å². The topological polar surface area (TPSA) is 98.7 Å². The molecule has 0 aliphatic carbocycles. The molecular formula is C35H24F6N2O4. The number of alkyl halides is 6. The fourth-order valence-electron chi connectivity index (χ4n) is 4.91. The molecule has 12 heteroatoms. The number of amides is 2. The van der Waals surface area contributed by atoms with E-state index in [0.29, 0.717) is 35.4 Å². The van der Waals surface area contributed by atoms with Crippen LogP contribution in [0, 0.1) is 24.7 Å². The number of hydrogen-bond acceptors (Lipinski definition) is 4. The highest BCUT2D eigenvalue weighted by atomic mass is 19.4. The first-order valence-electron chi connectivity index (χ1n) is 13.5. The smallest absolute Gasteiger partial charge is 0.416 e. The fraction of sp³-hybridized carbons (Fsp3) is 0.143. The van der Waals surface area contributed by atoms with Crippen molar-refractivity contribution in [3.63, 3.8) is 0 Å². The van der Waals surface area contributed by atoms with E-state index in [4.69, 9.17) is 12.8 Å². The summed E-state index contributed by atoms with van der Waals surface area (Å²) in [7, 11) is 0. The van der Waals surface area contributed by atoms with Crippen LogP contribution in [-0.2, 0) is 17.8 Å². The maximum absolute atomic E-state index is 13.5. The van der Waals surface area contributed by atoms with Crippen molar-refractivity contribution in [1.29, 1.82) is 0 Å². The Morgan fingerprint density at radius 1 is 0.617 bits per heavy atom. The summed E-state index contributed by atoms with van der Waals surface area (Å²) < 4.78 is 80.8. The maximum Gasteiger partial charge on any atom is 0.416 e. The normalized spacial score (nSPS) is 11.7. The van der Waals surface area contributed by atoms with Gasteiger partial charge in [-0.05, 0) is 59.7 Å². The van der Waals surface area contributed by atoms with Gasteiger partial charge in [0.15, 0.2) is 0 Å². The third-order valence-electron chi connectivity index (χ3n) is 7.23. The van der Waals surface area contributed by atoms with E-state index in [1.165, 1.54) is 24.3 Å². The predicted octanol–water partition coefficient (Wildman–Crippen LogP) is 7.93. The van der Waals surface area contributed by atoms with Crippen molar-refractivity contribution in [2.45, 2.75) is 31.6 Å². The van der Waals surface area contributed by atoms with Gasteiger partial charge in [0.1, 0.15) is 11.5 Å². The fourth-order valence-corrected chi connectivity index (χ4v) is 4.91. The molecule has 0 radical (unpaired) electrons. The van der Waals surface area contributed by atoms with Crippen LogP contribution in [0.1, 0.15) is 67.9 Å². The van der Waals surface area contributed by atoms with Gasteiger partial charge < -0.3 is 20.8 Å². The lowest BCUT2D eigenvalue weighted by molar-refractivity contribution is -0.138. The average Bonchev–Trinajstić information content (AvgIpc) is 2.99. The van der Waals surface area contributed by atoms with Crippen LogP contribution in [0.3, 0.4) is 0 Å². The van der Waals surface area contributed by atoms with Crippen molar-refractivity contribution in [3.05, 3.63) is 117 Å². The first-order valence-corrected chi connectivity index (χ1v) is 13.5. The van der Waals surface area contributed by atoms with Crippen LogP contribution in [0.15, 0.2) is 72.8 Å². The van der Waals surface area contributed by atoms with Crippen LogP contribution < -0.4 is 10.6 Å². The third kappa shape index (κ3) is 7.51. The number of carbonyl (C=O) groups excluding carboxylic acids is 2. The Kier molecular flexibility index (Phi) is 9.03. The van der Waals surface area contributed by atoms with E-state index < -0.39 is 51.8 Å². The number of aromatic hydroxyl groups is 2. The minimum absolute atomic E-state index is 0.0263. The molecule has 4 rings (SSSR count). The van der Waals surface area contributed by atoms with Crippen LogP contribution in [0.4, 0.5) is 37.7 Å². The Labute approximate surface area is 265 Å². The van der Waals surface area contributed by atoms with E-state index in [1.807, 2.05) is 0 Å². The first kappa shape index (κ1) is 34.0. The number of terminal acetylenes is 2. The molecule has 0 heterocycles. The van der Waals surface area contributed by atoms with Crippen LogP contribution in [-0.4, -0.2) is 22.0 Å². The number of anilines is 2. The van der Waals surface area contributed by atoms with Gasteiger partial charge in [-0.25, -0.2) is 0 Å². The zero-order chi connectivity index (χ0) is 34.9. The summed E-state index contributed by atoms with van der Waals surface area (Å²) in [6, 6.07) is 12.6. The molecule has 0 saturated carbocycles. The molecule has 0 aliphatic rings. The molecule has 0 aromatic heterocycles. The molecular weight excluding hydrogens is 626 g/mol. The largest absolute Gasteiger partial charge is 0.508 e. The van der Waals surface area contributed by atoms with E-state index >= 15 is 0 Å². The van der Waals surface area contributed by atoms with Crippen molar-refractivity contribution < 1.29 is 46.1 Å². The Hall–Kier alpha value is -5.88. The monoisotopic (exact) mass is 650 g/mol. The quantitative estimate of drug-likeness (QED) is 0.126. The number of hydrogen-bond donors (Lipinski definition) is 4. The van der Waals surface area contributed by atoms with Crippen LogP contribution in [0.2, 0.25) is 0 Å². The SMILES string of the molecule is C#Cc1cc(C(=O)Nc2cc(O)ccc2C(C)(C)c2ccc(O)cc2NC(=O)c2cc(C#C)cc(C(F)(F)F)c2)cc(C(F)(F)F)c1. The highest BCUT2D eigenvalue weighted by molar-refractivity contribution is 6.06. The third-order valence-corrected chi connectivity index (χ3v) is 7.23. The minimum atomic E-state index is -4.80. The van der Waals surface area contributed by atoms with Crippen molar-refractivity contribution >= 4 is 23.2 Å². The molecule has 6 nitrogen and oxygen atoms in total. The summed E-state index contributed by atoms with van der Waals surface area (Å²) in [4.78, 5) is 26.5. The highest BCUT2D eigenvalue weighted by Crippen LogP contribution is 2.42. The van der Waals surface area contributed by atoms with E-state index in [2.05, 4.69) is 22.5 Å². The number of carbonyl (C=O) groups is 2. The summed E-state index contributed by atoms with van der Waals surface area (Å²) in [6.45, 7) is 3.27. The van der Waals surface area contributed by atoms with E-state index in [-0.39, 0.29) is 34.0 Å². The molecule has 0 aliphatic heterocycles. The zero-order valence-electron chi connectivity index (χ0n) is 24.6. The summed E-state index contributed by atoms with van der Waals surface area (Å²) in [5.74, 6) is 1.58. The second-order valence-corrected chi connectivity index (χ2v) is 10.9. The molecule has 0 unspecified atom stereocenters. The number of phenols is 2. The van der Waals surface area contributed by atoms with Gasteiger partial charge in [0.05, 0.1) is 11.1 Å². The van der Waals surface area contributed by atoms with Crippen molar-refractivity contribution in [1.82, 2.24) is 0 Å². The molecule has 47 heavy (non-hydrogen) atoms. The molecule has 0 spiro atoms. The van der Waals surface area contributed by atoms with Crippen molar-refractivity contribution in [2.24, 2.45) is 0 Å². The number of phenolic OH excluding ortho intramolecular Hbond substituents is 2. The first-order chi connectivity index (χ1) is 21.8. The molecule has 0 atom stereocenters. The molecule has 240 valence electrons. The highest BCUT2D eigenvalue weighted by Gasteiger charge is 2.34. The van der Waals surface area contributed by atoms with E-state index in [0.717, 1.165) is 24.3 Å². The standard InChI is InChI=1S/C35H24F6N2O4/c1-5-19-11-21(15-23(13-19)34(36,37)38)31(46)42-29-17-25(44)7-9-27(29)33(3,4)28-10-8-26(45)18-30(28)43-32(47)22-12-20(6-2)14-24(16-22)35(39,40)41/h1-2,7-18,44-45H,3-4H3,(H,42,46)(H,43,47). The summed E-state index contributed by atoms with van der Waals surface area (Å²) in [5.41, 5.74) is -4.17. The van der Waals surface area contributed by atoms with Gasteiger partial charge >= 0.3 is 12.4 Å². The molecule has 0 saturated heterocycles. The molecule has 4 aromatic rings. The summed E-state index contributed by atoms with van der Waals surface area (Å²) in [6.07, 6.45) is 1.00. The molecule has 4 N–H and O–H groups in total. The van der Waals surface area contributed by atoms with Gasteiger partial charge in [-0.15, -0.1) is 12.8 Å². The minimum Gasteiger partial charge on any atom is -0.508 e. The molecule has 2 amide bonds. The molecule has 4 aromatic carbocycles. The Bertz CT molecular complexity index is 1840. The zero-order valence-corrected chi connectivity index (χ0v) is 24.6. The number of benzene rings is 4. The second-order valence-electron chi connectivity index (χ2n) is 10.9. The van der Waals surface area contributed by atoms with Gasteiger partial charge in [0.2, 0.25) is 0 Å². The van der Waals surface area contributed by atoms with Crippen LogP contribution >= 0.6 is 0 Å². The van der Waals surface area contributed by atoms with E-state index in [9.17, 15) is 46.1 Å². The van der Waals surface area contributed by atoms with Gasteiger partial charge in [0.25, 0.3) is 11.8 Å². The van der Waals surface area contributed by atoms with Gasteiger partial charge in [-0.1, -0.05) is 37.8 Å². The van der Waals surface area contributed by atoms with Gasteiger partial charge in [-0.2, -0.15) is 26.3 Å². The van der Waals surface area contributed by atoms with Crippen LogP contribution in [0.25, 0.3) is 0 Å². The lowest BCUT2D eigenvalue weighted by Crippen LogP contribution is -2.25. The Balaban J connectivity index is 1.76.